The average molecular weight is 429 g/mol. The zero-order valence-electron chi connectivity index (χ0n) is 17.9. The van der Waals surface area contributed by atoms with Crippen LogP contribution in [0.2, 0.25) is 5.02 Å². The fraction of sp³-hybridized carbons (Fsp3) is 0.583. The number of hydrogen-bond donors (Lipinski definition) is 1. The lowest BCUT2D eigenvalue weighted by molar-refractivity contribution is 0.0896. The molecule has 1 saturated heterocycles. The summed E-state index contributed by atoms with van der Waals surface area (Å²) in [6, 6.07) is 11.3. The minimum atomic E-state index is -0.106. The Morgan fingerprint density at radius 1 is 1.17 bits per heavy atom. The van der Waals surface area contributed by atoms with Gasteiger partial charge in [-0.05, 0) is 50.0 Å². The summed E-state index contributed by atoms with van der Waals surface area (Å²) in [6.45, 7) is 5.79. The number of benzene rings is 1. The van der Waals surface area contributed by atoms with E-state index in [1.807, 2.05) is 6.92 Å². The monoisotopic (exact) mass is 428 g/mol. The first-order valence-electron chi connectivity index (χ1n) is 11.4. The van der Waals surface area contributed by atoms with E-state index in [0.29, 0.717) is 23.2 Å². The van der Waals surface area contributed by atoms with Crippen LogP contribution in [0.1, 0.15) is 67.4 Å². The summed E-state index contributed by atoms with van der Waals surface area (Å²) in [6.07, 6.45) is 8.98. The summed E-state index contributed by atoms with van der Waals surface area (Å²) < 4.78 is 1.67. The molecule has 0 spiro atoms. The number of nitrogens with one attached hydrogen (secondary N) is 1. The molecule has 1 aliphatic heterocycles. The van der Waals surface area contributed by atoms with Crippen LogP contribution in [0, 0.1) is 5.92 Å². The molecule has 5 nitrogen and oxygen atoms in total. The number of aromatic nitrogens is 2. The van der Waals surface area contributed by atoms with Gasteiger partial charge in [-0.2, -0.15) is 5.10 Å². The Labute approximate surface area is 184 Å². The highest BCUT2D eigenvalue weighted by Gasteiger charge is 2.30. The SMILES string of the molecule is CCn1ncc(Cl)c1C(=O)NC1CCN(C[C@H](c2ccccc2)C2CCCC2)CC1. The highest BCUT2D eigenvalue weighted by Crippen LogP contribution is 2.38. The van der Waals surface area contributed by atoms with Gasteiger partial charge in [0.1, 0.15) is 5.69 Å². The fourth-order valence-electron chi connectivity index (χ4n) is 5.21. The Balaban J connectivity index is 1.33. The van der Waals surface area contributed by atoms with Gasteiger partial charge in [0.2, 0.25) is 0 Å². The molecular weight excluding hydrogens is 396 g/mol. The van der Waals surface area contributed by atoms with Crippen molar-refractivity contribution >= 4 is 17.5 Å². The van der Waals surface area contributed by atoms with Crippen LogP contribution in [-0.4, -0.2) is 46.3 Å². The Bertz CT molecular complexity index is 823. The normalized spacial score (nSPS) is 19.8. The second kappa shape index (κ2) is 9.97. The van der Waals surface area contributed by atoms with Crippen molar-refractivity contribution in [2.45, 2.75) is 64.0 Å². The highest BCUT2D eigenvalue weighted by molar-refractivity contribution is 6.33. The van der Waals surface area contributed by atoms with Crippen LogP contribution in [-0.2, 0) is 6.54 Å². The molecule has 4 rings (SSSR count). The van der Waals surface area contributed by atoms with Crippen LogP contribution in [0.3, 0.4) is 0 Å². The first kappa shape index (κ1) is 21.4. The van der Waals surface area contributed by atoms with Gasteiger partial charge in [0.15, 0.2) is 0 Å². The van der Waals surface area contributed by atoms with Crippen LogP contribution in [0.5, 0.6) is 0 Å². The van der Waals surface area contributed by atoms with Crippen LogP contribution in [0.4, 0.5) is 0 Å². The molecule has 1 amide bonds. The number of aryl methyl sites for hydroxylation is 1. The Kier molecular flexibility index (Phi) is 7.11. The summed E-state index contributed by atoms with van der Waals surface area (Å²) in [5.41, 5.74) is 1.97. The Morgan fingerprint density at radius 2 is 1.87 bits per heavy atom. The molecule has 0 bridgehead atoms. The standard InChI is InChI=1S/C24H33ClN4O/c1-2-29-23(22(25)16-26-29)24(30)27-20-12-14-28(15-13-20)17-21(19-10-6-7-11-19)18-8-4-3-5-9-18/h3-5,8-9,16,19-21H,2,6-7,10-15,17H2,1H3,(H,27,30)/t21-/m1/s1. The van der Waals surface area contributed by atoms with Gasteiger partial charge in [0.25, 0.3) is 5.91 Å². The molecule has 0 unspecified atom stereocenters. The number of rotatable bonds is 7. The molecule has 1 aromatic carbocycles. The maximum absolute atomic E-state index is 12.7. The van der Waals surface area contributed by atoms with E-state index in [2.05, 4.69) is 45.6 Å². The maximum atomic E-state index is 12.7. The predicted molar refractivity (Wildman–Crippen MR) is 121 cm³/mol. The van der Waals surface area contributed by atoms with Crippen molar-refractivity contribution in [2.75, 3.05) is 19.6 Å². The fourth-order valence-corrected chi connectivity index (χ4v) is 5.43. The zero-order chi connectivity index (χ0) is 20.9. The zero-order valence-corrected chi connectivity index (χ0v) is 18.7. The number of carbonyl (C=O) groups is 1. The number of piperidine rings is 1. The summed E-state index contributed by atoms with van der Waals surface area (Å²) in [4.78, 5) is 15.3. The lowest BCUT2D eigenvalue weighted by Gasteiger charge is -2.36. The number of halogens is 1. The maximum Gasteiger partial charge on any atom is 0.271 e. The number of carbonyl (C=O) groups excluding carboxylic acids is 1. The second-order valence-electron chi connectivity index (χ2n) is 8.77. The van der Waals surface area contributed by atoms with Crippen LogP contribution >= 0.6 is 11.6 Å². The second-order valence-corrected chi connectivity index (χ2v) is 9.17. The molecule has 1 aromatic heterocycles. The molecule has 1 atom stereocenters. The summed E-state index contributed by atoms with van der Waals surface area (Å²) in [5, 5.41) is 7.79. The van der Waals surface area contributed by atoms with Crippen molar-refractivity contribution in [3.8, 4) is 0 Å². The molecule has 162 valence electrons. The van der Waals surface area contributed by atoms with Crippen LogP contribution in [0.15, 0.2) is 36.5 Å². The van der Waals surface area contributed by atoms with Crippen molar-refractivity contribution in [3.05, 3.63) is 52.8 Å². The third-order valence-corrected chi connectivity index (χ3v) is 7.16. The van der Waals surface area contributed by atoms with E-state index in [-0.39, 0.29) is 11.9 Å². The van der Waals surface area contributed by atoms with E-state index in [4.69, 9.17) is 11.6 Å². The van der Waals surface area contributed by atoms with Crippen LogP contribution in [0.25, 0.3) is 0 Å². The molecule has 6 heteroatoms. The highest BCUT2D eigenvalue weighted by atomic mass is 35.5. The van der Waals surface area contributed by atoms with Gasteiger partial charge in [-0.25, -0.2) is 0 Å². The van der Waals surface area contributed by atoms with E-state index < -0.39 is 0 Å². The largest absolute Gasteiger partial charge is 0.348 e. The van der Waals surface area contributed by atoms with Gasteiger partial charge in [-0.15, -0.1) is 0 Å². The van der Waals surface area contributed by atoms with E-state index in [1.165, 1.54) is 31.2 Å². The summed E-state index contributed by atoms with van der Waals surface area (Å²) in [7, 11) is 0. The topological polar surface area (TPSA) is 50.2 Å². The molecule has 2 heterocycles. The van der Waals surface area contributed by atoms with Gasteiger partial charge in [0, 0.05) is 32.2 Å². The van der Waals surface area contributed by atoms with Gasteiger partial charge < -0.3 is 10.2 Å². The number of nitrogens with zero attached hydrogens (tertiary/aromatic N) is 3. The molecule has 30 heavy (non-hydrogen) atoms. The van der Waals surface area contributed by atoms with Crippen molar-refractivity contribution in [3.63, 3.8) is 0 Å². The van der Waals surface area contributed by atoms with E-state index in [0.717, 1.165) is 38.4 Å². The lowest BCUT2D eigenvalue weighted by Crippen LogP contribution is -2.46. The summed E-state index contributed by atoms with van der Waals surface area (Å²) in [5.74, 6) is 1.32. The predicted octanol–water partition coefficient (Wildman–Crippen LogP) is 4.72. The minimum Gasteiger partial charge on any atom is -0.348 e. The molecule has 1 N–H and O–H groups in total. The van der Waals surface area contributed by atoms with Crippen molar-refractivity contribution < 1.29 is 4.79 Å². The van der Waals surface area contributed by atoms with Gasteiger partial charge in [-0.3, -0.25) is 9.48 Å². The first-order chi connectivity index (χ1) is 14.7. The van der Waals surface area contributed by atoms with E-state index in [9.17, 15) is 4.79 Å². The number of hydrogen-bond acceptors (Lipinski definition) is 3. The Hall–Kier alpha value is -1.85. The first-order valence-corrected chi connectivity index (χ1v) is 11.8. The van der Waals surface area contributed by atoms with Crippen molar-refractivity contribution in [1.29, 1.82) is 0 Å². The molecule has 0 radical (unpaired) electrons. The van der Waals surface area contributed by atoms with Crippen LogP contribution < -0.4 is 5.32 Å². The molecule has 2 aliphatic rings. The molecule has 2 fully saturated rings. The third-order valence-electron chi connectivity index (χ3n) is 6.88. The summed E-state index contributed by atoms with van der Waals surface area (Å²) >= 11 is 6.18. The van der Waals surface area contributed by atoms with Gasteiger partial charge in [-0.1, -0.05) is 54.8 Å². The smallest absolute Gasteiger partial charge is 0.271 e. The molecular formula is C24H33ClN4O. The Morgan fingerprint density at radius 3 is 2.53 bits per heavy atom. The van der Waals surface area contributed by atoms with E-state index in [1.54, 1.807) is 10.9 Å². The van der Waals surface area contributed by atoms with Gasteiger partial charge in [0.05, 0.1) is 11.2 Å². The quantitative estimate of drug-likeness (QED) is 0.693. The molecule has 1 aliphatic carbocycles. The third kappa shape index (κ3) is 4.89. The van der Waals surface area contributed by atoms with Gasteiger partial charge >= 0.3 is 0 Å². The average Bonchev–Trinajstić information content (AvgIpc) is 3.43. The molecule has 1 saturated carbocycles. The van der Waals surface area contributed by atoms with Crippen molar-refractivity contribution in [2.24, 2.45) is 5.92 Å². The lowest BCUT2D eigenvalue weighted by atomic mass is 9.84. The number of likely N-dealkylation sites (tertiary alicyclic amines) is 1. The van der Waals surface area contributed by atoms with Crippen molar-refractivity contribution in [1.82, 2.24) is 20.0 Å². The van der Waals surface area contributed by atoms with E-state index >= 15 is 0 Å². The minimum absolute atomic E-state index is 0.106. The number of amides is 1. The molecule has 2 aromatic rings.